The van der Waals surface area contributed by atoms with Crippen molar-refractivity contribution < 1.29 is 4.39 Å². The first kappa shape index (κ1) is 13.1. The van der Waals surface area contributed by atoms with E-state index in [1.165, 1.54) is 6.07 Å². The molecule has 2 aromatic heterocycles. The minimum atomic E-state index is -0.220. The molecule has 0 saturated carbocycles. The number of rotatable bonds is 4. The molecule has 0 bridgehead atoms. The second-order valence-electron chi connectivity index (χ2n) is 4.49. The molecule has 102 valence electrons. The van der Waals surface area contributed by atoms with Gasteiger partial charge in [-0.1, -0.05) is 18.2 Å². The van der Waals surface area contributed by atoms with Crippen molar-refractivity contribution in [3.05, 3.63) is 59.8 Å². The summed E-state index contributed by atoms with van der Waals surface area (Å²) >= 11 is 5.82. The Bertz CT molecular complexity index is 739. The first-order chi connectivity index (χ1) is 9.79. The number of pyridine rings is 1. The number of alkyl halides is 1. The van der Waals surface area contributed by atoms with Crippen LogP contribution in [0.15, 0.2) is 42.6 Å². The predicted octanol–water partition coefficient (Wildman–Crippen LogP) is 3.40. The van der Waals surface area contributed by atoms with Crippen LogP contribution in [0.2, 0.25) is 0 Å². The third-order valence-electron chi connectivity index (χ3n) is 3.19. The van der Waals surface area contributed by atoms with E-state index >= 15 is 0 Å². The Kier molecular flexibility index (Phi) is 3.65. The minimum absolute atomic E-state index is 0.220. The van der Waals surface area contributed by atoms with Gasteiger partial charge >= 0.3 is 0 Å². The van der Waals surface area contributed by atoms with Gasteiger partial charge in [0.15, 0.2) is 5.65 Å². The van der Waals surface area contributed by atoms with Gasteiger partial charge in [-0.25, -0.2) is 14.4 Å². The van der Waals surface area contributed by atoms with Gasteiger partial charge in [0.05, 0.1) is 6.54 Å². The first-order valence-corrected chi connectivity index (χ1v) is 6.92. The average Bonchev–Trinajstić information content (AvgIpc) is 2.80. The van der Waals surface area contributed by atoms with Crippen molar-refractivity contribution in [3.8, 4) is 0 Å². The lowest BCUT2D eigenvalue weighted by molar-refractivity contribution is 0.597. The van der Waals surface area contributed by atoms with E-state index in [0.29, 0.717) is 24.4 Å². The van der Waals surface area contributed by atoms with Crippen molar-refractivity contribution >= 4 is 22.8 Å². The van der Waals surface area contributed by atoms with Crippen LogP contribution in [0.5, 0.6) is 0 Å². The van der Waals surface area contributed by atoms with Gasteiger partial charge in [-0.05, 0) is 18.2 Å². The number of aryl methyl sites for hydroxylation is 1. The topological polar surface area (TPSA) is 30.7 Å². The van der Waals surface area contributed by atoms with Crippen molar-refractivity contribution in [2.45, 2.75) is 13.0 Å². The fraction of sp³-hybridized carbons (Fsp3) is 0.200. The molecule has 3 rings (SSSR count). The largest absolute Gasteiger partial charge is 0.308 e. The maximum atomic E-state index is 13.8. The predicted molar refractivity (Wildman–Crippen MR) is 77.5 cm³/mol. The smallest absolute Gasteiger partial charge is 0.160 e. The van der Waals surface area contributed by atoms with Crippen LogP contribution in [0.1, 0.15) is 11.4 Å². The number of aromatic nitrogens is 3. The highest BCUT2D eigenvalue weighted by molar-refractivity contribution is 6.17. The monoisotopic (exact) mass is 289 g/mol. The summed E-state index contributed by atoms with van der Waals surface area (Å²) in [6.45, 7) is 0.409. The van der Waals surface area contributed by atoms with Crippen LogP contribution in [0.3, 0.4) is 0 Å². The third-order valence-corrected chi connectivity index (χ3v) is 3.38. The van der Waals surface area contributed by atoms with Crippen LogP contribution >= 0.6 is 11.6 Å². The molecule has 20 heavy (non-hydrogen) atoms. The molecule has 0 fully saturated rings. The van der Waals surface area contributed by atoms with Crippen LogP contribution in [0.4, 0.5) is 4.39 Å². The Morgan fingerprint density at radius 1 is 1.15 bits per heavy atom. The lowest BCUT2D eigenvalue weighted by Crippen LogP contribution is -2.08. The summed E-state index contributed by atoms with van der Waals surface area (Å²) in [5, 5.41) is 0. The van der Waals surface area contributed by atoms with Crippen molar-refractivity contribution in [2.24, 2.45) is 0 Å². The third kappa shape index (κ3) is 2.39. The Hall–Kier alpha value is -1.94. The van der Waals surface area contributed by atoms with E-state index in [0.717, 1.165) is 17.0 Å². The molecule has 0 amide bonds. The zero-order chi connectivity index (χ0) is 13.9. The Balaban J connectivity index is 2.09. The molecular formula is C15H13ClFN3. The van der Waals surface area contributed by atoms with E-state index < -0.39 is 0 Å². The minimum Gasteiger partial charge on any atom is -0.308 e. The summed E-state index contributed by atoms with van der Waals surface area (Å²) in [6.07, 6.45) is 2.35. The van der Waals surface area contributed by atoms with Gasteiger partial charge in [-0.3, -0.25) is 0 Å². The molecule has 3 aromatic rings. The van der Waals surface area contributed by atoms with E-state index in [9.17, 15) is 4.39 Å². The molecular weight excluding hydrogens is 277 g/mol. The highest BCUT2D eigenvalue weighted by atomic mass is 35.5. The second-order valence-corrected chi connectivity index (χ2v) is 4.87. The molecule has 0 aliphatic rings. The van der Waals surface area contributed by atoms with Crippen molar-refractivity contribution in [1.29, 1.82) is 0 Å². The summed E-state index contributed by atoms with van der Waals surface area (Å²) in [5.74, 6) is 1.08. The van der Waals surface area contributed by atoms with Gasteiger partial charge in [-0.2, -0.15) is 0 Å². The zero-order valence-corrected chi connectivity index (χ0v) is 11.5. The molecule has 0 radical (unpaired) electrons. The molecule has 0 spiro atoms. The zero-order valence-electron chi connectivity index (χ0n) is 10.8. The SMILES string of the molecule is Fc1ccccc1Cn1c(CCCl)nc2cccnc21. The van der Waals surface area contributed by atoms with Gasteiger partial charge in [0.25, 0.3) is 0 Å². The van der Waals surface area contributed by atoms with Crippen molar-refractivity contribution in [2.75, 3.05) is 5.88 Å². The molecule has 1 aromatic carbocycles. The molecule has 0 N–H and O–H groups in total. The average molecular weight is 290 g/mol. The molecule has 3 nitrogen and oxygen atoms in total. The summed E-state index contributed by atoms with van der Waals surface area (Å²) in [6, 6.07) is 10.5. The second kappa shape index (κ2) is 5.59. The first-order valence-electron chi connectivity index (χ1n) is 6.39. The molecule has 0 atom stereocenters. The van der Waals surface area contributed by atoms with E-state index in [4.69, 9.17) is 11.6 Å². The highest BCUT2D eigenvalue weighted by Crippen LogP contribution is 2.18. The maximum Gasteiger partial charge on any atom is 0.160 e. The molecule has 0 aliphatic heterocycles. The lowest BCUT2D eigenvalue weighted by Gasteiger charge is -2.08. The molecule has 5 heteroatoms. The highest BCUT2D eigenvalue weighted by Gasteiger charge is 2.12. The number of benzene rings is 1. The van der Waals surface area contributed by atoms with Gasteiger partial charge in [0, 0.05) is 24.1 Å². The Labute approximate surface area is 121 Å². The summed E-state index contributed by atoms with van der Waals surface area (Å²) in [7, 11) is 0. The van der Waals surface area contributed by atoms with Gasteiger partial charge in [-0.15, -0.1) is 11.6 Å². The summed E-state index contributed by atoms with van der Waals surface area (Å²) in [4.78, 5) is 8.87. The molecule has 0 aliphatic carbocycles. The number of halogens is 2. The van der Waals surface area contributed by atoms with Crippen LogP contribution < -0.4 is 0 Å². The van der Waals surface area contributed by atoms with E-state index in [-0.39, 0.29) is 5.82 Å². The number of hydrogen-bond acceptors (Lipinski definition) is 2. The molecule has 2 heterocycles. The summed E-state index contributed by atoms with van der Waals surface area (Å²) < 4.78 is 15.7. The standard InChI is InChI=1S/C15H13ClFN3/c16-8-7-14-19-13-6-3-9-18-15(13)20(14)10-11-4-1-2-5-12(11)17/h1-6,9H,7-8,10H2. The number of imidazole rings is 1. The number of fused-ring (bicyclic) bond motifs is 1. The van der Waals surface area contributed by atoms with Crippen molar-refractivity contribution in [1.82, 2.24) is 14.5 Å². The van der Waals surface area contributed by atoms with E-state index in [2.05, 4.69) is 9.97 Å². The fourth-order valence-electron chi connectivity index (χ4n) is 2.24. The number of hydrogen-bond donors (Lipinski definition) is 0. The maximum absolute atomic E-state index is 13.8. The van der Waals surface area contributed by atoms with Crippen molar-refractivity contribution in [3.63, 3.8) is 0 Å². The van der Waals surface area contributed by atoms with Gasteiger partial charge < -0.3 is 4.57 Å². The molecule has 0 saturated heterocycles. The van der Waals surface area contributed by atoms with E-state index in [1.54, 1.807) is 18.3 Å². The van der Waals surface area contributed by atoms with E-state index in [1.807, 2.05) is 22.8 Å². The quantitative estimate of drug-likeness (QED) is 0.689. The number of nitrogens with zero attached hydrogens (tertiary/aromatic N) is 3. The Morgan fingerprint density at radius 2 is 2.00 bits per heavy atom. The Morgan fingerprint density at radius 3 is 2.80 bits per heavy atom. The van der Waals surface area contributed by atoms with Crippen LogP contribution in [0.25, 0.3) is 11.2 Å². The normalized spacial score (nSPS) is 11.1. The van der Waals surface area contributed by atoms with Crippen LogP contribution in [0, 0.1) is 5.82 Å². The molecule has 0 unspecified atom stereocenters. The van der Waals surface area contributed by atoms with Gasteiger partial charge in [0.2, 0.25) is 0 Å². The lowest BCUT2D eigenvalue weighted by atomic mass is 10.2. The van der Waals surface area contributed by atoms with Crippen LogP contribution in [-0.4, -0.2) is 20.4 Å². The van der Waals surface area contributed by atoms with Crippen LogP contribution in [-0.2, 0) is 13.0 Å². The fourth-order valence-corrected chi connectivity index (χ4v) is 2.41. The summed E-state index contributed by atoms with van der Waals surface area (Å²) in [5.41, 5.74) is 2.19. The van der Waals surface area contributed by atoms with Gasteiger partial charge in [0.1, 0.15) is 17.2 Å².